The second-order valence-electron chi connectivity index (χ2n) is 10.5. The molecule has 4 fully saturated rings. The number of carbonyl (C=O) groups is 1. The van der Waals surface area contributed by atoms with E-state index in [9.17, 15) is 9.90 Å². The van der Waals surface area contributed by atoms with Crippen LogP contribution >= 0.6 is 0 Å². The molecule has 4 aliphatic rings. The van der Waals surface area contributed by atoms with Gasteiger partial charge in [0.2, 0.25) is 5.91 Å². The van der Waals surface area contributed by atoms with Gasteiger partial charge in [-0.1, -0.05) is 0 Å². The van der Waals surface area contributed by atoms with Gasteiger partial charge >= 0.3 is 0 Å². The van der Waals surface area contributed by atoms with Crippen LogP contribution in [-0.4, -0.2) is 55.4 Å². The summed E-state index contributed by atoms with van der Waals surface area (Å²) in [5.74, 6) is 0.295. The molecule has 1 aliphatic carbocycles. The fraction of sp³-hybridized carbons (Fsp3) is 0.720. The number of hydrogen-bond donors (Lipinski definition) is 2. The molecular weight excluding hydrogens is 374 g/mol. The number of hydrogen-bond acceptors (Lipinski definition) is 3. The summed E-state index contributed by atoms with van der Waals surface area (Å²) in [6, 6.07) is 8.26. The van der Waals surface area contributed by atoms with Gasteiger partial charge in [-0.05, 0) is 57.6 Å². The third-order valence-electron chi connectivity index (χ3n) is 9.00. The maximum Gasteiger partial charge on any atom is 0.233 e. The molecule has 5 heteroatoms. The Balaban J connectivity index is 1.43. The van der Waals surface area contributed by atoms with E-state index in [4.69, 9.17) is 0 Å². The highest BCUT2D eigenvalue weighted by molar-refractivity contribution is 6.00. The van der Waals surface area contributed by atoms with Crippen LogP contribution < -0.4 is 14.7 Å². The Kier molecular flexibility index (Phi) is 5.19. The summed E-state index contributed by atoms with van der Waals surface area (Å²) in [6.45, 7) is 8.92. The fourth-order valence-electron chi connectivity index (χ4n) is 7.14. The zero-order valence-electron chi connectivity index (χ0n) is 18.7. The molecule has 1 saturated carbocycles. The molecule has 1 unspecified atom stereocenters. The van der Waals surface area contributed by atoms with Crippen molar-refractivity contribution in [3.05, 3.63) is 23.8 Å². The molecule has 1 aromatic rings. The van der Waals surface area contributed by atoms with Crippen molar-refractivity contribution in [1.82, 2.24) is 9.80 Å². The van der Waals surface area contributed by atoms with Crippen molar-refractivity contribution in [1.29, 1.82) is 0 Å². The lowest BCUT2D eigenvalue weighted by molar-refractivity contribution is -0.128. The monoisotopic (exact) mass is 412 g/mol. The third kappa shape index (κ3) is 3.04. The van der Waals surface area contributed by atoms with Gasteiger partial charge in [0, 0.05) is 56.7 Å². The predicted octanol–water partition coefficient (Wildman–Crippen LogP) is 3.50. The van der Waals surface area contributed by atoms with Gasteiger partial charge in [0.1, 0.15) is 11.7 Å². The minimum atomic E-state index is -0.225. The molecule has 2 N–H and O–H groups in total. The number of nitrogens with one attached hydrogen (secondary N) is 1. The zero-order valence-corrected chi connectivity index (χ0v) is 18.7. The number of carbonyl (C=O) groups excluding carboxylic acids is 1. The molecule has 0 aromatic heterocycles. The first-order valence-corrected chi connectivity index (χ1v) is 12.2. The number of rotatable bonds is 3. The van der Waals surface area contributed by atoms with Crippen LogP contribution in [0.5, 0.6) is 0 Å². The lowest BCUT2D eigenvalue weighted by Crippen LogP contribution is -2.59. The molecule has 164 valence electrons. The molecule has 1 aromatic carbocycles. The Labute approximate surface area is 181 Å². The van der Waals surface area contributed by atoms with Crippen molar-refractivity contribution in [2.24, 2.45) is 5.41 Å². The van der Waals surface area contributed by atoms with Crippen molar-refractivity contribution >= 4 is 17.3 Å². The van der Waals surface area contributed by atoms with Crippen molar-refractivity contribution in [3.8, 4) is 0 Å². The van der Waals surface area contributed by atoms with Crippen LogP contribution in [-0.2, 0) is 4.79 Å². The molecule has 3 heterocycles. The standard InChI is InChI=1S/C25H38N3O2/c1-18-16-20(28(15-3-4-19(28)2)21-9-13-26-17-21)5-6-23(18)27-14-12-25(24(27)30)10-7-22(29)8-11-25/h5-6,16,19,21-22,26,29H,3-4,7-15,17H2,1-2H3/q+1/t19-,21-,22?,25?,28?/m0/s1. The number of nitrogens with zero attached hydrogens (tertiary/aromatic N) is 2. The van der Waals surface area contributed by atoms with Crippen LogP contribution in [0.3, 0.4) is 0 Å². The third-order valence-corrected chi connectivity index (χ3v) is 9.00. The molecular formula is C25H38N3O2+. The highest BCUT2D eigenvalue weighted by atomic mass is 16.3. The van der Waals surface area contributed by atoms with Crippen LogP contribution in [0.25, 0.3) is 0 Å². The lowest BCUT2D eigenvalue weighted by atomic mass is 9.72. The van der Waals surface area contributed by atoms with E-state index in [-0.39, 0.29) is 11.5 Å². The average molecular weight is 413 g/mol. The summed E-state index contributed by atoms with van der Waals surface area (Å²) in [5, 5.41) is 13.5. The summed E-state index contributed by atoms with van der Waals surface area (Å²) in [5.41, 5.74) is 3.55. The Bertz CT molecular complexity index is 811. The minimum Gasteiger partial charge on any atom is -0.393 e. The fourth-order valence-corrected chi connectivity index (χ4v) is 7.14. The maximum absolute atomic E-state index is 13.4. The topological polar surface area (TPSA) is 52.6 Å². The second-order valence-corrected chi connectivity index (χ2v) is 10.5. The first-order chi connectivity index (χ1) is 14.5. The van der Waals surface area contributed by atoms with Gasteiger partial charge in [0.05, 0.1) is 24.1 Å². The van der Waals surface area contributed by atoms with E-state index in [0.29, 0.717) is 18.0 Å². The smallest absolute Gasteiger partial charge is 0.233 e. The number of benzene rings is 1. The maximum atomic E-state index is 13.4. The number of amides is 1. The van der Waals surface area contributed by atoms with Crippen molar-refractivity contribution in [2.75, 3.05) is 31.1 Å². The van der Waals surface area contributed by atoms with E-state index >= 15 is 0 Å². The number of aliphatic hydroxyl groups is 1. The van der Waals surface area contributed by atoms with Crippen LogP contribution in [0.4, 0.5) is 11.4 Å². The van der Waals surface area contributed by atoms with Crippen LogP contribution in [0.1, 0.15) is 63.9 Å². The molecule has 0 radical (unpaired) electrons. The Morgan fingerprint density at radius 2 is 1.97 bits per heavy atom. The van der Waals surface area contributed by atoms with Crippen molar-refractivity contribution in [2.45, 2.75) is 83.4 Å². The van der Waals surface area contributed by atoms with Gasteiger partial charge in [-0.2, -0.15) is 0 Å². The quantitative estimate of drug-likeness (QED) is 0.747. The van der Waals surface area contributed by atoms with E-state index in [1.54, 1.807) is 0 Å². The van der Waals surface area contributed by atoms with Crippen molar-refractivity contribution in [3.63, 3.8) is 0 Å². The number of aliphatic hydroxyl groups excluding tert-OH is 1. The summed E-state index contributed by atoms with van der Waals surface area (Å²) in [6.07, 6.45) is 7.79. The predicted molar refractivity (Wildman–Crippen MR) is 122 cm³/mol. The van der Waals surface area contributed by atoms with Crippen molar-refractivity contribution < 1.29 is 9.90 Å². The lowest BCUT2D eigenvalue weighted by Gasteiger charge is -2.43. The van der Waals surface area contributed by atoms with Gasteiger partial charge in [-0.15, -0.1) is 0 Å². The van der Waals surface area contributed by atoms with E-state index in [0.717, 1.165) is 61.9 Å². The normalized spacial score (nSPS) is 39.4. The van der Waals surface area contributed by atoms with Crippen LogP contribution in [0.2, 0.25) is 0 Å². The molecule has 3 aliphatic heterocycles. The highest BCUT2D eigenvalue weighted by Gasteiger charge is 2.50. The van der Waals surface area contributed by atoms with E-state index < -0.39 is 0 Å². The molecule has 5 nitrogen and oxygen atoms in total. The molecule has 1 spiro atoms. The number of anilines is 1. The van der Waals surface area contributed by atoms with Gasteiger partial charge in [0.15, 0.2) is 0 Å². The first kappa shape index (κ1) is 20.5. The molecule has 1 amide bonds. The molecule has 3 saturated heterocycles. The van der Waals surface area contributed by atoms with Gasteiger partial charge in [0.25, 0.3) is 0 Å². The van der Waals surface area contributed by atoms with E-state index in [1.165, 1.54) is 37.1 Å². The second kappa shape index (κ2) is 7.61. The average Bonchev–Trinajstić information content (AvgIpc) is 3.46. The Hall–Kier alpha value is -1.43. The minimum absolute atomic E-state index is 0.217. The molecule has 0 bridgehead atoms. The van der Waals surface area contributed by atoms with E-state index in [2.05, 4.69) is 37.4 Å². The number of aryl methyl sites for hydroxylation is 1. The number of quaternary nitrogens is 1. The highest BCUT2D eigenvalue weighted by Crippen LogP contribution is 2.47. The Morgan fingerprint density at radius 3 is 2.60 bits per heavy atom. The summed E-state index contributed by atoms with van der Waals surface area (Å²) < 4.78 is 1.11. The first-order valence-electron chi connectivity index (χ1n) is 12.2. The number of likely N-dealkylation sites (tertiary alicyclic amines) is 1. The Morgan fingerprint density at radius 1 is 1.17 bits per heavy atom. The van der Waals surface area contributed by atoms with Crippen LogP contribution in [0.15, 0.2) is 18.2 Å². The largest absolute Gasteiger partial charge is 0.393 e. The zero-order chi connectivity index (χ0) is 20.9. The van der Waals surface area contributed by atoms with Gasteiger partial charge in [-0.25, -0.2) is 0 Å². The molecule has 5 rings (SSSR count). The van der Waals surface area contributed by atoms with Gasteiger partial charge < -0.3 is 15.3 Å². The molecule has 3 atom stereocenters. The summed E-state index contributed by atoms with van der Waals surface area (Å²) >= 11 is 0. The molecule has 30 heavy (non-hydrogen) atoms. The van der Waals surface area contributed by atoms with Crippen LogP contribution in [0, 0.1) is 12.3 Å². The summed E-state index contributed by atoms with van der Waals surface area (Å²) in [4.78, 5) is 15.5. The SMILES string of the molecule is Cc1cc([N+]2([C@H]3CCNC3)CCC[C@@H]2C)ccc1N1CCC2(CCC(O)CC2)C1=O. The summed E-state index contributed by atoms with van der Waals surface area (Å²) in [7, 11) is 0. The van der Waals surface area contributed by atoms with E-state index in [1.807, 2.05) is 4.90 Å². The van der Waals surface area contributed by atoms with Gasteiger partial charge in [-0.3, -0.25) is 9.28 Å².